The van der Waals surface area contributed by atoms with E-state index in [1.165, 1.54) is 10.4 Å². The van der Waals surface area contributed by atoms with Crippen molar-refractivity contribution < 1.29 is 8.42 Å². The van der Waals surface area contributed by atoms with Gasteiger partial charge in [0.1, 0.15) is 0 Å². The molecule has 1 unspecified atom stereocenters. The van der Waals surface area contributed by atoms with Gasteiger partial charge >= 0.3 is 0 Å². The molecule has 0 radical (unpaired) electrons. The molecule has 0 bridgehead atoms. The summed E-state index contributed by atoms with van der Waals surface area (Å²) in [5.74, 6) is 0. The van der Waals surface area contributed by atoms with Crippen LogP contribution in [0.15, 0.2) is 77.0 Å². The average molecular weight is 397 g/mol. The van der Waals surface area contributed by atoms with Crippen LogP contribution in [0, 0.1) is 11.3 Å². The van der Waals surface area contributed by atoms with E-state index in [9.17, 15) is 8.42 Å². The van der Waals surface area contributed by atoms with Crippen LogP contribution in [0.3, 0.4) is 0 Å². The lowest BCUT2D eigenvalue weighted by Gasteiger charge is -2.28. The first kappa shape index (κ1) is 19.3. The van der Waals surface area contributed by atoms with Crippen molar-refractivity contribution in [3.63, 3.8) is 0 Å². The van der Waals surface area contributed by atoms with Gasteiger partial charge < -0.3 is 0 Å². The Morgan fingerprint density at radius 2 is 1.85 bits per heavy atom. The molecule has 1 aromatic heterocycles. The third kappa shape index (κ3) is 4.64. The highest BCUT2D eigenvalue weighted by atomic mass is 32.2. The van der Waals surface area contributed by atoms with Gasteiger partial charge in [-0.05, 0) is 48.6 Å². The predicted molar refractivity (Wildman–Crippen MR) is 108 cm³/mol. The topological polar surface area (TPSA) is 61.2 Å². The number of hydrogen-bond donors (Lipinski definition) is 0. The van der Waals surface area contributed by atoms with Gasteiger partial charge in [-0.1, -0.05) is 42.5 Å². The summed E-state index contributed by atoms with van der Waals surface area (Å²) in [4.78, 5) is 1.29. The van der Waals surface area contributed by atoms with Gasteiger partial charge in [0.05, 0.1) is 16.5 Å². The van der Waals surface area contributed by atoms with Crippen molar-refractivity contribution in [3.8, 4) is 6.07 Å². The molecule has 2 aromatic carbocycles. The Morgan fingerprint density at radius 1 is 1.07 bits per heavy atom. The quantitative estimate of drug-likeness (QED) is 0.593. The molecule has 0 N–H and O–H groups in total. The maximum Gasteiger partial charge on any atom is 0.243 e. The average Bonchev–Trinajstić information content (AvgIpc) is 3.19. The minimum Gasteiger partial charge on any atom is -0.207 e. The van der Waals surface area contributed by atoms with E-state index in [1.54, 1.807) is 29.5 Å². The molecule has 0 fully saturated rings. The molecule has 0 saturated heterocycles. The molecule has 0 amide bonds. The summed E-state index contributed by atoms with van der Waals surface area (Å²) in [5.41, 5.74) is 1.26. The molecule has 1 atom stereocenters. The van der Waals surface area contributed by atoms with Crippen molar-refractivity contribution in [2.45, 2.75) is 30.8 Å². The summed E-state index contributed by atoms with van der Waals surface area (Å²) in [7, 11) is -3.75. The van der Waals surface area contributed by atoms with Crippen LogP contribution in [0.2, 0.25) is 0 Å². The highest BCUT2D eigenvalue weighted by Crippen LogP contribution is 2.24. The molecule has 0 saturated carbocycles. The van der Waals surface area contributed by atoms with Crippen LogP contribution in [-0.2, 0) is 23.0 Å². The molecule has 0 aliphatic rings. The summed E-state index contributed by atoms with van der Waals surface area (Å²) >= 11 is 1.62. The number of sulfonamides is 1. The smallest absolute Gasteiger partial charge is 0.207 e. The minimum atomic E-state index is -3.75. The van der Waals surface area contributed by atoms with Crippen LogP contribution >= 0.6 is 11.3 Å². The van der Waals surface area contributed by atoms with Crippen molar-refractivity contribution in [2.24, 2.45) is 0 Å². The van der Waals surface area contributed by atoms with Gasteiger partial charge in [0, 0.05) is 17.5 Å². The highest BCUT2D eigenvalue weighted by molar-refractivity contribution is 7.89. The lowest BCUT2D eigenvalue weighted by Crippen LogP contribution is -2.39. The molecule has 0 aliphatic carbocycles. The largest absolute Gasteiger partial charge is 0.243 e. The Morgan fingerprint density at radius 3 is 2.52 bits per heavy atom. The van der Waals surface area contributed by atoms with E-state index in [1.807, 2.05) is 60.8 Å². The van der Waals surface area contributed by atoms with E-state index in [2.05, 4.69) is 0 Å². The van der Waals surface area contributed by atoms with E-state index in [-0.39, 0.29) is 17.5 Å². The summed E-state index contributed by atoms with van der Waals surface area (Å²) in [5, 5.41) is 11.1. The van der Waals surface area contributed by atoms with Gasteiger partial charge in [-0.25, -0.2) is 8.42 Å². The molecular weight excluding hydrogens is 376 g/mol. The first-order valence-corrected chi connectivity index (χ1v) is 10.9. The molecular formula is C21H20N2O2S2. The molecule has 6 heteroatoms. The van der Waals surface area contributed by atoms with E-state index in [0.717, 1.165) is 10.4 Å². The molecule has 0 spiro atoms. The number of nitriles is 1. The molecule has 138 valence electrons. The zero-order valence-corrected chi connectivity index (χ0v) is 16.6. The van der Waals surface area contributed by atoms with Gasteiger partial charge in [0.15, 0.2) is 0 Å². The van der Waals surface area contributed by atoms with Crippen LogP contribution in [0.1, 0.15) is 22.9 Å². The monoisotopic (exact) mass is 396 g/mol. The second-order valence-corrected chi connectivity index (χ2v) is 9.23. The van der Waals surface area contributed by atoms with Gasteiger partial charge in [-0.2, -0.15) is 9.57 Å². The Kier molecular flexibility index (Phi) is 6.07. The summed E-state index contributed by atoms with van der Waals surface area (Å²) in [6.07, 6.45) is 0.641. The minimum absolute atomic E-state index is 0.149. The van der Waals surface area contributed by atoms with Crippen molar-refractivity contribution in [3.05, 3.63) is 88.1 Å². The number of nitrogens with zero attached hydrogens (tertiary/aromatic N) is 2. The second-order valence-electron chi connectivity index (χ2n) is 6.31. The molecule has 0 aliphatic heterocycles. The number of thiophene rings is 1. The van der Waals surface area contributed by atoms with Gasteiger partial charge in [-0.15, -0.1) is 11.3 Å². The van der Waals surface area contributed by atoms with Crippen LogP contribution in [0.4, 0.5) is 0 Å². The second kappa shape index (κ2) is 8.49. The Hall–Kier alpha value is -2.46. The highest BCUT2D eigenvalue weighted by Gasteiger charge is 2.29. The molecule has 27 heavy (non-hydrogen) atoms. The molecule has 1 heterocycles. The van der Waals surface area contributed by atoms with Crippen molar-refractivity contribution in [1.82, 2.24) is 4.31 Å². The summed E-state index contributed by atoms with van der Waals surface area (Å²) in [6.45, 7) is 2.21. The van der Waals surface area contributed by atoms with Gasteiger partial charge in [0.2, 0.25) is 10.0 Å². The van der Waals surface area contributed by atoms with Gasteiger partial charge in [0.25, 0.3) is 0 Å². The van der Waals surface area contributed by atoms with Crippen LogP contribution in [0.5, 0.6) is 0 Å². The van der Waals surface area contributed by atoms with E-state index >= 15 is 0 Å². The van der Waals surface area contributed by atoms with E-state index in [0.29, 0.717) is 12.0 Å². The SMILES string of the molecule is CC(Cc1cccs1)N(Cc1ccccc1)S(=O)(=O)c1cccc(C#N)c1. The number of hydrogen-bond acceptors (Lipinski definition) is 4. The first-order valence-electron chi connectivity index (χ1n) is 8.59. The molecule has 3 rings (SSSR count). The fourth-order valence-electron chi connectivity index (χ4n) is 2.92. The third-order valence-corrected chi connectivity index (χ3v) is 7.17. The first-order chi connectivity index (χ1) is 13.0. The standard InChI is InChI=1S/C21H20N2O2S2/c1-17(13-20-10-6-12-26-20)23(16-18-7-3-2-4-8-18)27(24,25)21-11-5-9-19(14-21)15-22/h2-12,14,17H,13,16H2,1H3. The van der Waals surface area contributed by atoms with Crippen molar-refractivity contribution >= 4 is 21.4 Å². The van der Waals surface area contributed by atoms with Gasteiger partial charge in [-0.3, -0.25) is 0 Å². The number of rotatable bonds is 7. The third-order valence-electron chi connectivity index (χ3n) is 4.32. The van der Waals surface area contributed by atoms with E-state index < -0.39 is 10.0 Å². The lowest BCUT2D eigenvalue weighted by atomic mass is 10.1. The zero-order chi connectivity index (χ0) is 19.3. The predicted octanol–water partition coefficient (Wildman–Crippen LogP) is 4.44. The zero-order valence-electron chi connectivity index (χ0n) is 14.9. The Labute approximate surface area is 164 Å². The maximum absolute atomic E-state index is 13.4. The van der Waals surface area contributed by atoms with Crippen molar-refractivity contribution in [1.29, 1.82) is 5.26 Å². The summed E-state index contributed by atoms with van der Waals surface area (Å²) < 4.78 is 28.3. The van der Waals surface area contributed by atoms with Crippen molar-refractivity contribution in [2.75, 3.05) is 0 Å². The fraction of sp³-hybridized carbons (Fsp3) is 0.190. The maximum atomic E-state index is 13.4. The normalized spacial score (nSPS) is 12.6. The van der Waals surface area contributed by atoms with Crippen LogP contribution in [-0.4, -0.2) is 18.8 Å². The lowest BCUT2D eigenvalue weighted by molar-refractivity contribution is 0.329. The number of benzene rings is 2. The summed E-state index contributed by atoms with van der Waals surface area (Å²) in [6, 6.07) is 21.5. The molecule has 3 aromatic rings. The van der Waals surface area contributed by atoms with Crippen LogP contribution < -0.4 is 0 Å². The molecule has 4 nitrogen and oxygen atoms in total. The Balaban J connectivity index is 1.98. The van der Waals surface area contributed by atoms with E-state index in [4.69, 9.17) is 5.26 Å². The van der Waals surface area contributed by atoms with Crippen LogP contribution in [0.25, 0.3) is 0 Å². The Bertz CT molecular complexity index is 1020. The fourth-order valence-corrected chi connectivity index (χ4v) is 5.42.